The number of hydrogen-bond donors (Lipinski definition) is 2. The molecule has 1 saturated heterocycles. The smallest absolute Gasteiger partial charge is 0.255 e. The standard InChI is InChI=1S/C23H23N3O3/c27-22(24-16-21-7-4-14-29-21)17-5-3-6-18(15-17)23(28)25-19-8-10-20(11-9-19)26-12-1-2-13-26/h3-11,14-15H,1-2,12-13,16H2,(H,24,27)(H,25,28). The van der Waals surface area contributed by atoms with Crippen LogP contribution in [0, 0.1) is 0 Å². The van der Waals surface area contributed by atoms with Gasteiger partial charge in [0.15, 0.2) is 0 Å². The lowest BCUT2D eigenvalue weighted by Gasteiger charge is -2.17. The van der Waals surface area contributed by atoms with E-state index in [9.17, 15) is 9.59 Å². The summed E-state index contributed by atoms with van der Waals surface area (Å²) >= 11 is 0. The summed E-state index contributed by atoms with van der Waals surface area (Å²) < 4.78 is 5.21. The van der Waals surface area contributed by atoms with Crippen LogP contribution in [0.5, 0.6) is 0 Å². The van der Waals surface area contributed by atoms with Crippen molar-refractivity contribution in [3.8, 4) is 0 Å². The second-order valence-corrected chi connectivity index (χ2v) is 7.04. The first kappa shape index (κ1) is 18.8. The van der Waals surface area contributed by atoms with Gasteiger partial charge >= 0.3 is 0 Å². The van der Waals surface area contributed by atoms with E-state index >= 15 is 0 Å². The third-order valence-corrected chi connectivity index (χ3v) is 4.99. The summed E-state index contributed by atoms with van der Waals surface area (Å²) in [6.07, 6.45) is 4.01. The summed E-state index contributed by atoms with van der Waals surface area (Å²) in [7, 11) is 0. The van der Waals surface area contributed by atoms with Gasteiger partial charge in [0.2, 0.25) is 0 Å². The lowest BCUT2D eigenvalue weighted by Crippen LogP contribution is -2.23. The molecule has 2 N–H and O–H groups in total. The molecule has 1 fully saturated rings. The third kappa shape index (κ3) is 4.66. The third-order valence-electron chi connectivity index (χ3n) is 4.99. The van der Waals surface area contributed by atoms with Gasteiger partial charge in [-0.15, -0.1) is 0 Å². The molecule has 148 valence electrons. The van der Waals surface area contributed by atoms with Gasteiger partial charge in [0, 0.05) is 35.6 Å². The van der Waals surface area contributed by atoms with Gasteiger partial charge in [0.1, 0.15) is 5.76 Å². The van der Waals surface area contributed by atoms with Crippen molar-refractivity contribution in [1.29, 1.82) is 0 Å². The zero-order chi connectivity index (χ0) is 20.1. The molecule has 29 heavy (non-hydrogen) atoms. The molecule has 1 aromatic heterocycles. The molecule has 2 heterocycles. The van der Waals surface area contributed by atoms with E-state index < -0.39 is 0 Å². The normalized spacial score (nSPS) is 13.3. The van der Waals surface area contributed by atoms with Crippen LogP contribution in [0.4, 0.5) is 11.4 Å². The topological polar surface area (TPSA) is 74.6 Å². The molecule has 0 unspecified atom stereocenters. The Morgan fingerprint density at radius 3 is 2.31 bits per heavy atom. The molecule has 3 aromatic rings. The Morgan fingerprint density at radius 2 is 1.62 bits per heavy atom. The predicted octanol–water partition coefficient (Wildman–Crippen LogP) is 4.06. The molecule has 1 aliphatic heterocycles. The first-order chi connectivity index (χ1) is 14.2. The van der Waals surface area contributed by atoms with Crippen molar-refractivity contribution in [1.82, 2.24) is 5.32 Å². The van der Waals surface area contributed by atoms with Crippen LogP contribution in [0.15, 0.2) is 71.3 Å². The highest BCUT2D eigenvalue weighted by atomic mass is 16.3. The Bertz CT molecular complexity index is 975. The van der Waals surface area contributed by atoms with E-state index in [1.165, 1.54) is 18.5 Å². The molecule has 6 heteroatoms. The second kappa shape index (κ2) is 8.65. The molecule has 4 rings (SSSR count). The van der Waals surface area contributed by atoms with Gasteiger partial charge in [-0.25, -0.2) is 0 Å². The first-order valence-electron chi connectivity index (χ1n) is 9.76. The molecule has 0 atom stereocenters. The van der Waals surface area contributed by atoms with Crippen molar-refractivity contribution in [3.05, 3.63) is 83.8 Å². The second-order valence-electron chi connectivity index (χ2n) is 7.04. The van der Waals surface area contributed by atoms with E-state index in [4.69, 9.17) is 4.42 Å². The summed E-state index contributed by atoms with van der Waals surface area (Å²) in [6.45, 7) is 2.46. The van der Waals surface area contributed by atoms with E-state index in [1.807, 2.05) is 24.3 Å². The summed E-state index contributed by atoms with van der Waals surface area (Å²) in [4.78, 5) is 27.3. The predicted molar refractivity (Wildman–Crippen MR) is 112 cm³/mol. The number of nitrogens with one attached hydrogen (secondary N) is 2. The summed E-state index contributed by atoms with van der Waals surface area (Å²) in [5.74, 6) is 0.162. The fraction of sp³-hybridized carbons (Fsp3) is 0.217. The molecule has 0 aliphatic carbocycles. The van der Waals surface area contributed by atoms with Gasteiger partial charge in [-0.3, -0.25) is 9.59 Å². The van der Waals surface area contributed by atoms with Crippen LogP contribution in [-0.4, -0.2) is 24.9 Å². The molecular formula is C23H23N3O3. The van der Waals surface area contributed by atoms with E-state index in [2.05, 4.69) is 15.5 Å². The van der Waals surface area contributed by atoms with Crippen LogP contribution in [0.1, 0.15) is 39.3 Å². The van der Waals surface area contributed by atoms with E-state index in [0.717, 1.165) is 18.8 Å². The van der Waals surface area contributed by atoms with Crippen molar-refractivity contribution in [2.45, 2.75) is 19.4 Å². The Balaban J connectivity index is 1.38. The van der Waals surface area contributed by atoms with Gasteiger partial charge in [-0.1, -0.05) is 6.07 Å². The Morgan fingerprint density at radius 1 is 0.897 bits per heavy atom. The van der Waals surface area contributed by atoms with Gasteiger partial charge in [0.25, 0.3) is 11.8 Å². The van der Waals surface area contributed by atoms with Crippen molar-refractivity contribution in [2.24, 2.45) is 0 Å². The Hall–Kier alpha value is -3.54. The van der Waals surface area contributed by atoms with Gasteiger partial charge in [0.05, 0.1) is 12.8 Å². The summed E-state index contributed by atoms with van der Waals surface area (Å²) in [5, 5.41) is 5.67. The fourth-order valence-corrected chi connectivity index (χ4v) is 3.42. The maximum Gasteiger partial charge on any atom is 0.255 e. The molecule has 6 nitrogen and oxygen atoms in total. The Labute approximate surface area is 169 Å². The number of rotatable bonds is 6. The number of benzene rings is 2. The maximum absolute atomic E-state index is 12.6. The van der Waals surface area contributed by atoms with Crippen LogP contribution < -0.4 is 15.5 Å². The number of nitrogens with zero attached hydrogens (tertiary/aromatic N) is 1. The average molecular weight is 389 g/mol. The number of carbonyl (C=O) groups is 2. The molecule has 2 amide bonds. The first-order valence-corrected chi connectivity index (χ1v) is 9.76. The molecule has 1 aliphatic rings. The summed E-state index contributed by atoms with van der Waals surface area (Å²) in [6, 6.07) is 18.1. The Kier molecular flexibility index (Phi) is 5.61. The van der Waals surface area contributed by atoms with Crippen molar-refractivity contribution in [3.63, 3.8) is 0 Å². The van der Waals surface area contributed by atoms with E-state index in [1.54, 1.807) is 42.7 Å². The number of amides is 2. The van der Waals surface area contributed by atoms with E-state index in [0.29, 0.717) is 23.4 Å². The number of anilines is 2. The zero-order valence-electron chi connectivity index (χ0n) is 16.1. The number of furan rings is 1. The van der Waals surface area contributed by atoms with Crippen LogP contribution in [-0.2, 0) is 6.54 Å². The quantitative estimate of drug-likeness (QED) is 0.667. The van der Waals surface area contributed by atoms with Crippen LogP contribution in [0.2, 0.25) is 0 Å². The maximum atomic E-state index is 12.6. The van der Waals surface area contributed by atoms with Gasteiger partial charge in [-0.05, 0) is 67.4 Å². The average Bonchev–Trinajstić information content (AvgIpc) is 3.47. The minimum Gasteiger partial charge on any atom is -0.467 e. The molecular weight excluding hydrogens is 366 g/mol. The lowest BCUT2D eigenvalue weighted by molar-refractivity contribution is 0.0948. The van der Waals surface area contributed by atoms with Crippen LogP contribution in [0.25, 0.3) is 0 Å². The van der Waals surface area contributed by atoms with Gasteiger partial charge in [-0.2, -0.15) is 0 Å². The van der Waals surface area contributed by atoms with Crippen LogP contribution in [0.3, 0.4) is 0 Å². The molecule has 0 saturated carbocycles. The van der Waals surface area contributed by atoms with Gasteiger partial charge < -0.3 is 20.0 Å². The van der Waals surface area contributed by atoms with E-state index in [-0.39, 0.29) is 11.8 Å². The van der Waals surface area contributed by atoms with Crippen molar-refractivity contribution >= 4 is 23.2 Å². The molecule has 2 aromatic carbocycles. The zero-order valence-corrected chi connectivity index (χ0v) is 16.1. The highest BCUT2D eigenvalue weighted by Gasteiger charge is 2.13. The number of hydrogen-bond acceptors (Lipinski definition) is 4. The molecule has 0 spiro atoms. The SMILES string of the molecule is O=C(NCc1ccco1)c1cccc(C(=O)Nc2ccc(N3CCCC3)cc2)c1. The summed E-state index contributed by atoms with van der Waals surface area (Å²) in [5.41, 5.74) is 2.76. The highest BCUT2D eigenvalue weighted by Crippen LogP contribution is 2.22. The monoisotopic (exact) mass is 389 g/mol. The minimum atomic E-state index is -0.258. The number of carbonyl (C=O) groups excluding carboxylic acids is 2. The molecule has 0 bridgehead atoms. The lowest BCUT2D eigenvalue weighted by atomic mass is 10.1. The van der Waals surface area contributed by atoms with Crippen LogP contribution >= 0.6 is 0 Å². The van der Waals surface area contributed by atoms with Crippen molar-refractivity contribution < 1.29 is 14.0 Å². The highest BCUT2D eigenvalue weighted by molar-refractivity contribution is 6.06. The fourth-order valence-electron chi connectivity index (χ4n) is 3.42. The van der Waals surface area contributed by atoms with Crippen molar-refractivity contribution in [2.75, 3.05) is 23.3 Å². The minimum absolute atomic E-state index is 0.250. The largest absolute Gasteiger partial charge is 0.467 e. The molecule has 0 radical (unpaired) electrons.